The van der Waals surface area contributed by atoms with Crippen molar-refractivity contribution in [2.45, 2.75) is 33.7 Å². The van der Waals surface area contributed by atoms with Crippen LogP contribution in [0.1, 0.15) is 27.7 Å². The lowest BCUT2D eigenvalue weighted by Gasteiger charge is -2.14. The van der Waals surface area contributed by atoms with Crippen molar-refractivity contribution in [1.29, 1.82) is 0 Å². The molecule has 0 aliphatic rings. The molecule has 1 amide bonds. The van der Waals surface area contributed by atoms with Gasteiger partial charge in [-0.05, 0) is 13.0 Å². The van der Waals surface area contributed by atoms with Crippen molar-refractivity contribution in [3.05, 3.63) is 0 Å². The highest BCUT2D eigenvalue weighted by Gasteiger charge is 2.15. The summed E-state index contributed by atoms with van der Waals surface area (Å²) in [6.45, 7) is 7.90. The maximum absolute atomic E-state index is 10.5. The molecule has 0 saturated heterocycles. The number of carbonyl (C=O) groups is 1. The first-order valence-electron chi connectivity index (χ1n) is 4.06. The van der Waals surface area contributed by atoms with Crippen LogP contribution < -0.4 is 11.1 Å². The van der Waals surface area contributed by atoms with E-state index in [-0.39, 0.29) is 17.9 Å². The van der Waals surface area contributed by atoms with Crippen LogP contribution in [0.25, 0.3) is 0 Å². The molecule has 1 unspecified atom stereocenters. The number of likely N-dealkylation sites (N-methyl/N-ethyl adjacent to an activating group) is 1. The van der Waals surface area contributed by atoms with Gasteiger partial charge in [0.2, 0.25) is 5.91 Å². The van der Waals surface area contributed by atoms with Crippen molar-refractivity contribution in [1.82, 2.24) is 5.32 Å². The summed E-state index contributed by atoms with van der Waals surface area (Å²) in [6, 6.07) is -0.190. The molecule has 0 heterocycles. The molecule has 0 aromatic heterocycles. The van der Waals surface area contributed by atoms with E-state index in [9.17, 15) is 4.79 Å². The molecule has 0 aromatic carbocycles. The number of hydrogen-bond donors (Lipinski definition) is 2. The molecule has 0 saturated carbocycles. The molecule has 0 fully saturated rings. The highest BCUT2D eigenvalue weighted by atomic mass is 16.1. The summed E-state index contributed by atoms with van der Waals surface area (Å²) in [6.07, 6.45) is 0. The van der Waals surface area contributed by atoms with E-state index in [1.54, 1.807) is 7.05 Å². The molecule has 0 radical (unpaired) electrons. The van der Waals surface area contributed by atoms with Crippen LogP contribution in [0, 0.1) is 5.92 Å². The van der Waals surface area contributed by atoms with Gasteiger partial charge in [0.15, 0.2) is 0 Å². The maximum Gasteiger partial charge on any atom is 0.234 e. The van der Waals surface area contributed by atoms with Crippen molar-refractivity contribution in [2.24, 2.45) is 11.7 Å². The molecule has 3 N–H and O–H groups in total. The van der Waals surface area contributed by atoms with E-state index in [1.165, 1.54) is 0 Å². The fraction of sp³-hybridized carbons (Fsp3) is 0.875. The third-order valence-electron chi connectivity index (χ3n) is 1.28. The molecule has 1 atom stereocenters. The summed E-state index contributed by atoms with van der Waals surface area (Å²) >= 11 is 0. The Balaban J connectivity index is 0. The van der Waals surface area contributed by atoms with Crippen molar-refractivity contribution < 1.29 is 4.79 Å². The summed E-state index contributed by atoms with van der Waals surface area (Å²) < 4.78 is 0. The summed E-state index contributed by atoms with van der Waals surface area (Å²) in [5.41, 5.74) is 5.05. The van der Waals surface area contributed by atoms with Gasteiger partial charge in [0.05, 0.1) is 6.04 Å². The van der Waals surface area contributed by atoms with Crippen LogP contribution in [0.2, 0.25) is 0 Å². The summed E-state index contributed by atoms with van der Waals surface area (Å²) in [4.78, 5) is 10.5. The van der Waals surface area contributed by atoms with E-state index in [0.717, 1.165) is 0 Å². The van der Waals surface area contributed by atoms with Gasteiger partial charge in [-0.3, -0.25) is 4.79 Å². The van der Waals surface area contributed by atoms with Gasteiger partial charge in [-0.15, -0.1) is 0 Å². The van der Waals surface area contributed by atoms with Crippen LogP contribution >= 0.6 is 0 Å². The third-order valence-corrected chi connectivity index (χ3v) is 1.28. The standard InChI is InChI=1S/C6H14N2O.C2H6/c1-4(2)5(8-3)6(7)9;1-2/h4-5,8H,1-3H3,(H2,7,9);1-2H3. The molecule has 3 nitrogen and oxygen atoms in total. The Morgan fingerprint density at radius 2 is 1.73 bits per heavy atom. The number of amides is 1. The normalized spacial score (nSPS) is 11.8. The molecular weight excluding hydrogens is 140 g/mol. The van der Waals surface area contributed by atoms with Crippen molar-refractivity contribution in [3.8, 4) is 0 Å². The van der Waals surface area contributed by atoms with Crippen molar-refractivity contribution >= 4 is 5.91 Å². The van der Waals surface area contributed by atoms with Gasteiger partial charge >= 0.3 is 0 Å². The number of primary amides is 1. The molecule has 0 aromatic rings. The SMILES string of the molecule is CC.CNC(C(N)=O)C(C)C. The monoisotopic (exact) mass is 160 g/mol. The molecule has 0 aliphatic heterocycles. The Labute approximate surface area is 69.4 Å². The van der Waals surface area contributed by atoms with E-state index >= 15 is 0 Å². The topological polar surface area (TPSA) is 55.1 Å². The largest absolute Gasteiger partial charge is 0.368 e. The smallest absolute Gasteiger partial charge is 0.234 e. The minimum atomic E-state index is -0.285. The molecular formula is C8H20N2O. The van der Waals surface area contributed by atoms with Gasteiger partial charge in [-0.2, -0.15) is 0 Å². The van der Waals surface area contributed by atoms with Gasteiger partial charge < -0.3 is 11.1 Å². The van der Waals surface area contributed by atoms with Crippen LogP contribution in [0.4, 0.5) is 0 Å². The van der Waals surface area contributed by atoms with Gasteiger partial charge in [0.1, 0.15) is 0 Å². The van der Waals surface area contributed by atoms with Crippen molar-refractivity contribution in [2.75, 3.05) is 7.05 Å². The minimum absolute atomic E-state index is 0.190. The fourth-order valence-electron chi connectivity index (χ4n) is 0.804. The lowest BCUT2D eigenvalue weighted by atomic mass is 10.0. The highest BCUT2D eigenvalue weighted by Crippen LogP contribution is 1.98. The zero-order valence-corrected chi connectivity index (χ0v) is 8.14. The van der Waals surface area contributed by atoms with Gasteiger partial charge in [0, 0.05) is 0 Å². The van der Waals surface area contributed by atoms with Gasteiger partial charge in [0.25, 0.3) is 0 Å². The predicted molar refractivity (Wildman–Crippen MR) is 48.2 cm³/mol. The summed E-state index contributed by atoms with van der Waals surface area (Å²) in [7, 11) is 1.73. The second kappa shape index (κ2) is 7.54. The lowest BCUT2D eigenvalue weighted by Crippen LogP contribution is -2.42. The number of nitrogens with one attached hydrogen (secondary N) is 1. The third kappa shape index (κ3) is 5.85. The summed E-state index contributed by atoms with van der Waals surface area (Å²) in [5.74, 6) is -0.0139. The average molecular weight is 160 g/mol. The molecule has 0 spiro atoms. The Hall–Kier alpha value is -0.570. The van der Waals surface area contributed by atoms with Gasteiger partial charge in [-0.1, -0.05) is 27.7 Å². The number of hydrogen-bond acceptors (Lipinski definition) is 2. The molecule has 3 heteroatoms. The fourth-order valence-corrected chi connectivity index (χ4v) is 0.804. The zero-order chi connectivity index (χ0) is 9.44. The minimum Gasteiger partial charge on any atom is -0.368 e. The Morgan fingerprint density at radius 3 is 1.73 bits per heavy atom. The first kappa shape index (κ1) is 13.1. The second-order valence-electron chi connectivity index (χ2n) is 2.41. The number of nitrogens with two attached hydrogens (primary N) is 1. The van der Waals surface area contributed by atoms with Crippen LogP contribution in [0.15, 0.2) is 0 Å². The molecule has 0 rings (SSSR count). The zero-order valence-electron chi connectivity index (χ0n) is 8.14. The van der Waals surface area contributed by atoms with E-state index in [2.05, 4.69) is 5.32 Å². The predicted octanol–water partition coefficient (Wildman–Crippen LogP) is 0.742. The second-order valence-corrected chi connectivity index (χ2v) is 2.41. The lowest BCUT2D eigenvalue weighted by molar-refractivity contribution is -0.120. The molecule has 68 valence electrons. The van der Waals surface area contributed by atoms with Crippen LogP contribution in [0.3, 0.4) is 0 Å². The first-order chi connectivity index (χ1) is 5.09. The number of carbonyl (C=O) groups excluding carboxylic acids is 1. The quantitative estimate of drug-likeness (QED) is 0.640. The first-order valence-corrected chi connectivity index (χ1v) is 4.06. The van der Waals surface area contributed by atoms with E-state index < -0.39 is 0 Å². The Morgan fingerprint density at radius 1 is 1.36 bits per heavy atom. The van der Waals surface area contributed by atoms with Crippen LogP contribution in [-0.4, -0.2) is 19.0 Å². The Bertz CT molecular complexity index is 102. The van der Waals surface area contributed by atoms with Gasteiger partial charge in [-0.25, -0.2) is 0 Å². The Kier molecular flexibility index (Phi) is 8.94. The van der Waals surface area contributed by atoms with Crippen LogP contribution in [0.5, 0.6) is 0 Å². The summed E-state index contributed by atoms with van der Waals surface area (Å²) in [5, 5.41) is 2.83. The van der Waals surface area contributed by atoms with Crippen molar-refractivity contribution in [3.63, 3.8) is 0 Å². The highest BCUT2D eigenvalue weighted by molar-refractivity contribution is 5.80. The maximum atomic E-state index is 10.5. The molecule has 11 heavy (non-hydrogen) atoms. The molecule has 0 aliphatic carbocycles. The number of rotatable bonds is 3. The van der Waals surface area contributed by atoms with E-state index in [0.29, 0.717) is 0 Å². The van der Waals surface area contributed by atoms with Crippen LogP contribution in [-0.2, 0) is 4.79 Å². The molecule has 0 bridgehead atoms. The average Bonchev–Trinajstić information content (AvgIpc) is 1.91. The van der Waals surface area contributed by atoms with E-state index in [4.69, 9.17) is 5.73 Å². The van der Waals surface area contributed by atoms with E-state index in [1.807, 2.05) is 27.7 Å².